The van der Waals surface area contributed by atoms with Crippen molar-refractivity contribution in [1.82, 2.24) is 9.88 Å². The zero-order valence-corrected chi connectivity index (χ0v) is 12.6. The van der Waals surface area contributed by atoms with Crippen LogP contribution in [0.4, 0.5) is 0 Å². The first-order chi connectivity index (χ1) is 10.0. The Labute approximate surface area is 124 Å². The van der Waals surface area contributed by atoms with Gasteiger partial charge in [0.1, 0.15) is 5.49 Å². The van der Waals surface area contributed by atoms with Crippen molar-refractivity contribution in [2.75, 3.05) is 7.05 Å². The fourth-order valence-electron chi connectivity index (χ4n) is 2.09. The van der Waals surface area contributed by atoms with Gasteiger partial charge in [-0.05, 0) is 36.8 Å². The Morgan fingerprint density at radius 2 is 1.90 bits per heavy atom. The van der Waals surface area contributed by atoms with Crippen molar-refractivity contribution >= 4 is 5.91 Å². The molecular formula is C17H19N3O. The van der Waals surface area contributed by atoms with Crippen LogP contribution in [0.3, 0.4) is 0 Å². The van der Waals surface area contributed by atoms with Crippen molar-refractivity contribution in [1.29, 1.82) is 0 Å². The predicted octanol–water partition coefficient (Wildman–Crippen LogP) is 2.49. The first-order valence-corrected chi connectivity index (χ1v) is 6.71. The van der Waals surface area contributed by atoms with Crippen molar-refractivity contribution in [2.24, 2.45) is 12.0 Å². The summed E-state index contributed by atoms with van der Waals surface area (Å²) in [4.78, 5) is 16.1. The molecule has 0 aliphatic rings. The molecule has 0 unspecified atom stereocenters. The second kappa shape index (κ2) is 6.22. The average Bonchev–Trinajstić information content (AvgIpc) is 2.48. The molecule has 2 aromatic rings. The van der Waals surface area contributed by atoms with Crippen LogP contribution in [0.15, 0.2) is 59.9 Å². The molecule has 0 aliphatic heterocycles. The third-order valence-electron chi connectivity index (χ3n) is 3.13. The van der Waals surface area contributed by atoms with Crippen LogP contribution in [-0.2, 0) is 7.05 Å². The van der Waals surface area contributed by atoms with Gasteiger partial charge in [0.2, 0.25) is 0 Å². The smallest absolute Gasteiger partial charge is 0.251 e. The van der Waals surface area contributed by atoms with Gasteiger partial charge >= 0.3 is 0 Å². The average molecular weight is 281 g/mol. The van der Waals surface area contributed by atoms with Crippen molar-refractivity contribution < 1.29 is 4.79 Å². The lowest BCUT2D eigenvalue weighted by molar-refractivity contribution is 0.0963. The van der Waals surface area contributed by atoms with E-state index >= 15 is 0 Å². The SMILES string of the molecule is C=C(C)N=c1c(-c2ccc(C(=O)NC)cc2)cccn1C. The van der Waals surface area contributed by atoms with Gasteiger partial charge in [0.05, 0.1) is 0 Å². The topological polar surface area (TPSA) is 46.4 Å². The van der Waals surface area contributed by atoms with E-state index < -0.39 is 0 Å². The number of nitrogens with zero attached hydrogens (tertiary/aromatic N) is 2. The minimum absolute atomic E-state index is 0.0907. The Kier molecular flexibility index (Phi) is 4.38. The van der Waals surface area contributed by atoms with Gasteiger partial charge < -0.3 is 9.88 Å². The Bertz CT molecular complexity index is 739. The number of nitrogens with one attached hydrogen (secondary N) is 1. The highest BCUT2D eigenvalue weighted by molar-refractivity contribution is 5.94. The van der Waals surface area contributed by atoms with Gasteiger partial charge in [-0.2, -0.15) is 0 Å². The summed E-state index contributed by atoms with van der Waals surface area (Å²) in [5, 5.41) is 2.61. The Morgan fingerprint density at radius 1 is 1.24 bits per heavy atom. The number of hydrogen-bond acceptors (Lipinski definition) is 2. The van der Waals surface area contributed by atoms with E-state index in [0.29, 0.717) is 5.56 Å². The third kappa shape index (κ3) is 3.28. The van der Waals surface area contributed by atoms with E-state index in [9.17, 15) is 4.79 Å². The second-order valence-corrected chi connectivity index (χ2v) is 4.86. The van der Waals surface area contributed by atoms with Gasteiger partial charge in [-0.25, -0.2) is 4.99 Å². The zero-order chi connectivity index (χ0) is 15.4. The highest BCUT2D eigenvalue weighted by Gasteiger charge is 2.06. The normalized spacial score (nSPS) is 11.3. The van der Waals surface area contributed by atoms with Crippen molar-refractivity contribution in [3.63, 3.8) is 0 Å². The molecule has 1 heterocycles. The fourth-order valence-corrected chi connectivity index (χ4v) is 2.09. The molecule has 0 aliphatic carbocycles. The molecule has 0 radical (unpaired) electrons. The summed E-state index contributed by atoms with van der Waals surface area (Å²) in [5.74, 6) is -0.0907. The monoisotopic (exact) mass is 281 g/mol. The number of allylic oxidation sites excluding steroid dienone is 1. The van der Waals surface area contributed by atoms with Crippen LogP contribution in [-0.4, -0.2) is 17.5 Å². The number of carbonyl (C=O) groups excluding carboxylic acids is 1. The summed E-state index contributed by atoms with van der Waals surface area (Å²) in [7, 11) is 3.57. The number of carbonyl (C=O) groups is 1. The van der Waals surface area contributed by atoms with Crippen LogP contribution >= 0.6 is 0 Å². The van der Waals surface area contributed by atoms with Gasteiger partial charge in [0, 0.05) is 37.1 Å². The van der Waals surface area contributed by atoms with E-state index in [1.165, 1.54) is 0 Å². The van der Waals surface area contributed by atoms with E-state index in [-0.39, 0.29) is 5.91 Å². The molecule has 4 heteroatoms. The molecule has 1 aromatic heterocycles. The lowest BCUT2D eigenvalue weighted by Gasteiger charge is -2.08. The Hall–Kier alpha value is -2.62. The zero-order valence-electron chi connectivity index (χ0n) is 12.6. The highest BCUT2D eigenvalue weighted by Crippen LogP contribution is 2.16. The third-order valence-corrected chi connectivity index (χ3v) is 3.13. The van der Waals surface area contributed by atoms with Crippen molar-refractivity contribution in [3.8, 4) is 11.1 Å². The molecule has 0 fully saturated rings. The molecule has 108 valence electrons. The quantitative estimate of drug-likeness (QED) is 0.923. The Balaban J connectivity index is 2.55. The summed E-state index contributed by atoms with van der Waals surface area (Å²) in [6.45, 7) is 5.71. The van der Waals surface area contributed by atoms with Crippen molar-refractivity contribution in [3.05, 3.63) is 65.9 Å². The molecule has 1 amide bonds. The molecule has 21 heavy (non-hydrogen) atoms. The van der Waals surface area contributed by atoms with E-state index in [1.807, 2.05) is 61.1 Å². The molecule has 1 N–H and O–H groups in total. The van der Waals surface area contributed by atoms with E-state index in [2.05, 4.69) is 16.9 Å². The molecule has 2 rings (SSSR count). The first-order valence-electron chi connectivity index (χ1n) is 6.71. The summed E-state index contributed by atoms with van der Waals surface area (Å²) in [6.07, 6.45) is 1.95. The number of hydrogen-bond donors (Lipinski definition) is 1. The molecule has 0 atom stereocenters. The summed E-state index contributed by atoms with van der Waals surface area (Å²) in [5.41, 5.74) is 4.25. The van der Waals surface area contributed by atoms with E-state index in [1.54, 1.807) is 7.05 Å². The summed E-state index contributed by atoms with van der Waals surface area (Å²) >= 11 is 0. The van der Waals surface area contributed by atoms with Crippen LogP contribution in [0, 0.1) is 0 Å². The fraction of sp³-hybridized carbons (Fsp3) is 0.176. The lowest BCUT2D eigenvalue weighted by atomic mass is 10.0. The van der Waals surface area contributed by atoms with Crippen LogP contribution in [0.25, 0.3) is 11.1 Å². The minimum Gasteiger partial charge on any atom is -0.355 e. The maximum atomic E-state index is 11.6. The molecule has 0 saturated heterocycles. The number of amides is 1. The van der Waals surface area contributed by atoms with Gasteiger partial charge in [-0.1, -0.05) is 18.7 Å². The largest absolute Gasteiger partial charge is 0.355 e. The minimum atomic E-state index is -0.0907. The van der Waals surface area contributed by atoms with E-state index in [0.717, 1.165) is 22.3 Å². The first kappa shape index (κ1) is 14.8. The number of pyridine rings is 1. The van der Waals surface area contributed by atoms with Gasteiger partial charge in [0.25, 0.3) is 5.91 Å². The van der Waals surface area contributed by atoms with Crippen LogP contribution in [0.5, 0.6) is 0 Å². The standard InChI is InChI=1S/C17H19N3O/c1-12(2)19-16-15(6-5-11-20(16)4)13-7-9-14(10-8-13)17(21)18-3/h5-11H,1H2,2-4H3,(H,18,21). The van der Waals surface area contributed by atoms with Crippen LogP contribution in [0.2, 0.25) is 0 Å². The maximum absolute atomic E-state index is 11.6. The maximum Gasteiger partial charge on any atom is 0.251 e. The number of aromatic nitrogens is 1. The van der Waals surface area contributed by atoms with Gasteiger partial charge in [-0.3, -0.25) is 4.79 Å². The molecule has 0 spiro atoms. The predicted molar refractivity (Wildman–Crippen MR) is 84.6 cm³/mol. The van der Waals surface area contributed by atoms with Gasteiger partial charge in [0.15, 0.2) is 0 Å². The highest BCUT2D eigenvalue weighted by atomic mass is 16.1. The lowest BCUT2D eigenvalue weighted by Crippen LogP contribution is -2.20. The molecule has 1 aromatic carbocycles. The van der Waals surface area contributed by atoms with Crippen LogP contribution < -0.4 is 10.8 Å². The molecule has 0 bridgehead atoms. The number of benzene rings is 1. The molecule has 0 saturated carbocycles. The molecule has 4 nitrogen and oxygen atoms in total. The van der Waals surface area contributed by atoms with E-state index in [4.69, 9.17) is 0 Å². The Morgan fingerprint density at radius 3 is 2.48 bits per heavy atom. The van der Waals surface area contributed by atoms with Crippen LogP contribution in [0.1, 0.15) is 17.3 Å². The number of aryl methyl sites for hydroxylation is 1. The van der Waals surface area contributed by atoms with Gasteiger partial charge in [-0.15, -0.1) is 0 Å². The molecular weight excluding hydrogens is 262 g/mol. The van der Waals surface area contributed by atoms with Crippen molar-refractivity contribution in [2.45, 2.75) is 6.92 Å². The number of rotatable bonds is 3. The second-order valence-electron chi connectivity index (χ2n) is 4.86. The summed E-state index contributed by atoms with van der Waals surface area (Å²) in [6, 6.07) is 11.5. The summed E-state index contributed by atoms with van der Waals surface area (Å²) < 4.78 is 1.96.